The van der Waals surface area contributed by atoms with E-state index in [1.54, 1.807) is 18.7 Å². The summed E-state index contributed by atoms with van der Waals surface area (Å²) in [5.74, 6) is 1.08. The lowest BCUT2D eigenvalue weighted by atomic mass is 9.90. The third-order valence-corrected chi connectivity index (χ3v) is 5.91. The number of nitriles is 1. The van der Waals surface area contributed by atoms with E-state index in [0.29, 0.717) is 0 Å². The number of hydrogen-bond donors (Lipinski definition) is 1. The molecule has 0 saturated heterocycles. The molecular weight excluding hydrogens is 314 g/mol. The number of aliphatic imine (C=N–C) groups is 1. The van der Waals surface area contributed by atoms with Gasteiger partial charge in [-0.1, -0.05) is 55.6 Å². The first-order chi connectivity index (χ1) is 10.4. The van der Waals surface area contributed by atoms with Crippen molar-refractivity contribution in [3.8, 4) is 6.07 Å². The van der Waals surface area contributed by atoms with Crippen molar-refractivity contribution < 1.29 is 4.79 Å². The largest absolute Gasteiger partial charge is 0.337 e. The molecule has 6 heteroatoms. The maximum Gasteiger partial charge on any atom is 0.231 e. The Hall–Kier alpha value is -1.45. The first-order valence-electron chi connectivity index (χ1n) is 7.09. The van der Waals surface area contributed by atoms with Crippen LogP contribution in [0.2, 0.25) is 0 Å². The Morgan fingerprint density at radius 2 is 2.27 bits per heavy atom. The highest BCUT2D eigenvalue weighted by atomic mass is 32.2. The van der Waals surface area contributed by atoms with Crippen molar-refractivity contribution in [3.63, 3.8) is 0 Å². The van der Waals surface area contributed by atoms with E-state index in [9.17, 15) is 10.1 Å². The van der Waals surface area contributed by atoms with Crippen molar-refractivity contribution in [2.24, 2.45) is 10.9 Å². The summed E-state index contributed by atoms with van der Waals surface area (Å²) in [5, 5.41) is 12.0. The summed E-state index contributed by atoms with van der Waals surface area (Å²) in [4.78, 5) is 16.6. The molecule has 1 aromatic carbocycles. The van der Waals surface area contributed by atoms with Crippen LogP contribution >= 0.6 is 23.5 Å². The lowest BCUT2D eigenvalue weighted by Gasteiger charge is -2.27. The first-order valence-corrected chi connectivity index (χ1v) is 9.06. The van der Waals surface area contributed by atoms with Gasteiger partial charge in [0.1, 0.15) is 9.91 Å². The number of nitrogens with zero attached hydrogens (tertiary/aromatic N) is 2. The highest BCUT2D eigenvalue weighted by Crippen LogP contribution is 2.34. The predicted molar refractivity (Wildman–Crippen MR) is 94.3 cm³/mol. The van der Waals surface area contributed by atoms with Crippen LogP contribution in [0.4, 0.5) is 5.69 Å². The van der Waals surface area contributed by atoms with Crippen LogP contribution in [0.25, 0.3) is 0 Å². The summed E-state index contributed by atoms with van der Waals surface area (Å²) < 4.78 is 0.900. The molecule has 1 aliphatic rings. The fourth-order valence-electron chi connectivity index (χ4n) is 1.84. The zero-order valence-corrected chi connectivity index (χ0v) is 14.6. The molecule has 0 spiro atoms. The summed E-state index contributed by atoms with van der Waals surface area (Å²) >= 11 is 3.07. The van der Waals surface area contributed by atoms with E-state index in [0.717, 1.165) is 15.8 Å². The predicted octanol–water partition coefficient (Wildman–Crippen LogP) is 3.71. The Morgan fingerprint density at radius 3 is 2.95 bits per heavy atom. The van der Waals surface area contributed by atoms with Gasteiger partial charge in [0.2, 0.25) is 5.91 Å². The van der Waals surface area contributed by atoms with Crippen LogP contribution in [-0.2, 0) is 10.5 Å². The van der Waals surface area contributed by atoms with Gasteiger partial charge in [-0.05, 0) is 24.5 Å². The average Bonchev–Trinajstić information content (AvgIpc) is 2.52. The molecule has 1 atom stereocenters. The quantitative estimate of drug-likeness (QED) is 0.912. The van der Waals surface area contributed by atoms with Crippen LogP contribution in [0.5, 0.6) is 0 Å². The zero-order chi connectivity index (χ0) is 16.2. The SMILES string of the molecule is CC(C)[C@@](C)(C#N)NC(=O)CSC1=Nc2ccccc2CS1. The summed E-state index contributed by atoms with van der Waals surface area (Å²) in [6, 6.07) is 10.2. The second kappa shape index (κ2) is 7.21. The molecule has 0 aliphatic carbocycles. The number of nitrogens with one attached hydrogen (secondary N) is 1. The topological polar surface area (TPSA) is 65.2 Å². The number of thioether (sulfide) groups is 2. The molecular formula is C16H19N3OS2. The van der Waals surface area contributed by atoms with E-state index in [4.69, 9.17) is 0 Å². The second-order valence-corrected chi connectivity index (χ2v) is 7.79. The lowest BCUT2D eigenvalue weighted by Crippen LogP contribution is -2.49. The molecule has 2 rings (SSSR count). The number of carbonyl (C=O) groups is 1. The molecule has 0 unspecified atom stereocenters. The van der Waals surface area contributed by atoms with Crippen molar-refractivity contribution in [2.75, 3.05) is 5.75 Å². The number of benzene rings is 1. The fraction of sp³-hybridized carbons (Fsp3) is 0.438. The van der Waals surface area contributed by atoms with Gasteiger partial charge in [-0.15, -0.1) is 0 Å². The van der Waals surface area contributed by atoms with Crippen molar-refractivity contribution in [3.05, 3.63) is 29.8 Å². The zero-order valence-electron chi connectivity index (χ0n) is 12.9. The molecule has 0 aromatic heterocycles. The van der Waals surface area contributed by atoms with Gasteiger partial charge < -0.3 is 5.32 Å². The fourth-order valence-corrected chi connectivity index (χ4v) is 3.70. The monoisotopic (exact) mass is 333 g/mol. The third-order valence-electron chi connectivity index (χ3n) is 3.67. The maximum absolute atomic E-state index is 12.1. The van der Waals surface area contributed by atoms with Gasteiger partial charge in [0, 0.05) is 5.75 Å². The van der Waals surface area contributed by atoms with E-state index < -0.39 is 5.54 Å². The third kappa shape index (κ3) is 4.05. The van der Waals surface area contributed by atoms with Crippen molar-refractivity contribution in [1.82, 2.24) is 5.32 Å². The Kier molecular flexibility index (Phi) is 5.54. The van der Waals surface area contributed by atoms with Crippen molar-refractivity contribution >= 4 is 39.5 Å². The molecule has 1 amide bonds. The Bertz CT molecular complexity index is 637. The molecule has 1 heterocycles. The van der Waals surface area contributed by atoms with Gasteiger partial charge in [0.05, 0.1) is 17.5 Å². The minimum atomic E-state index is -0.828. The lowest BCUT2D eigenvalue weighted by molar-refractivity contribution is -0.120. The van der Waals surface area contributed by atoms with Crippen molar-refractivity contribution in [1.29, 1.82) is 5.26 Å². The van der Waals surface area contributed by atoms with E-state index in [2.05, 4.69) is 22.4 Å². The molecule has 1 aliphatic heterocycles. The molecule has 22 heavy (non-hydrogen) atoms. The van der Waals surface area contributed by atoms with E-state index in [1.165, 1.54) is 17.3 Å². The van der Waals surface area contributed by atoms with Gasteiger partial charge in [-0.25, -0.2) is 4.99 Å². The number of fused-ring (bicyclic) bond motifs is 1. The van der Waals surface area contributed by atoms with Gasteiger partial charge in [-0.3, -0.25) is 4.79 Å². The van der Waals surface area contributed by atoms with Crippen LogP contribution in [0.15, 0.2) is 29.3 Å². The van der Waals surface area contributed by atoms with E-state index >= 15 is 0 Å². The molecule has 1 aromatic rings. The minimum Gasteiger partial charge on any atom is -0.337 e. The van der Waals surface area contributed by atoms with Gasteiger partial charge >= 0.3 is 0 Å². The summed E-state index contributed by atoms with van der Waals surface area (Å²) in [6.45, 7) is 5.60. The number of rotatable bonds is 4. The van der Waals surface area contributed by atoms with Crippen LogP contribution in [0.3, 0.4) is 0 Å². The van der Waals surface area contributed by atoms with Crippen LogP contribution in [0, 0.1) is 17.2 Å². The van der Waals surface area contributed by atoms with Gasteiger partial charge in [0.25, 0.3) is 0 Å². The van der Waals surface area contributed by atoms with E-state index in [1.807, 2.05) is 32.0 Å². The number of para-hydroxylation sites is 1. The molecule has 0 bridgehead atoms. The molecule has 1 N–H and O–H groups in total. The highest BCUT2D eigenvalue weighted by molar-refractivity contribution is 8.38. The van der Waals surface area contributed by atoms with E-state index in [-0.39, 0.29) is 17.6 Å². The summed E-state index contributed by atoms with van der Waals surface area (Å²) in [5.41, 5.74) is 1.37. The smallest absolute Gasteiger partial charge is 0.231 e. The molecule has 4 nitrogen and oxygen atoms in total. The summed E-state index contributed by atoms with van der Waals surface area (Å²) in [7, 11) is 0. The molecule has 0 radical (unpaired) electrons. The van der Waals surface area contributed by atoms with Crippen LogP contribution in [0.1, 0.15) is 26.3 Å². The minimum absolute atomic E-state index is 0.0553. The van der Waals surface area contributed by atoms with Crippen LogP contribution in [-0.4, -0.2) is 21.6 Å². The Balaban J connectivity index is 1.93. The number of amides is 1. The standard InChI is InChI=1S/C16H19N3OS2/c1-11(2)16(3,10-17)19-14(20)9-22-15-18-13-7-5-4-6-12(13)8-21-15/h4-7,11H,8-9H2,1-3H3,(H,19,20)/t16-/m1/s1. The average molecular weight is 333 g/mol. The molecule has 0 fully saturated rings. The number of carbonyl (C=O) groups excluding carboxylic acids is 1. The van der Waals surface area contributed by atoms with Crippen molar-refractivity contribution in [2.45, 2.75) is 32.1 Å². The number of hydrogen-bond acceptors (Lipinski definition) is 5. The molecule has 116 valence electrons. The Labute approximate surface area is 139 Å². The Morgan fingerprint density at radius 1 is 1.55 bits per heavy atom. The van der Waals surface area contributed by atoms with Gasteiger partial charge in [-0.2, -0.15) is 5.26 Å². The van der Waals surface area contributed by atoms with Gasteiger partial charge in [0.15, 0.2) is 0 Å². The first kappa shape index (κ1) is 16.9. The summed E-state index contributed by atoms with van der Waals surface area (Å²) in [6.07, 6.45) is 0. The molecule has 0 saturated carbocycles. The normalized spacial score (nSPS) is 16.2. The maximum atomic E-state index is 12.1. The second-order valence-electron chi connectivity index (χ2n) is 5.60. The highest BCUT2D eigenvalue weighted by Gasteiger charge is 2.30. The van der Waals surface area contributed by atoms with Crippen LogP contribution < -0.4 is 5.32 Å².